The molecule has 0 unspecified atom stereocenters. The number of para-hydroxylation sites is 1. The highest BCUT2D eigenvalue weighted by atomic mass is 35.5. The van der Waals surface area contributed by atoms with Crippen LogP contribution in [0.2, 0.25) is 5.02 Å². The Morgan fingerprint density at radius 3 is 2.38 bits per heavy atom. The predicted octanol–water partition coefficient (Wildman–Crippen LogP) is 6.63. The van der Waals surface area contributed by atoms with Crippen molar-refractivity contribution >= 4 is 63.1 Å². The summed E-state index contributed by atoms with van der Waals surface area (Å²) in [7, 11) is 1.38. The molecule has 0 bridgehead atoms. The van der Waals surface area contributed by atoms with Crippen LogP contribution in [0.25, 0.3) is 32.9 Å². The molecule has 5 aromatic rings. The lowest BCUT2D eigenvalue weighted by atomic mass is 9.92. The van der Waals surface area contributed by atoms with E-state index in [0.717, 1.165) is 15.2 Å². The van der Waals surface area contributed by atoms with Gasteiger partial charge in [-0.2, -0.15) is 0 Å². The van der Waals surface area contributed by atoms with Gasteiger partial charge in [-0.25, -0.2) is 14.1 Å². The molecule has 10 heteroatoms. The zero-order valence-electron chi connectivity index (χ0n) is 23.3. The second-order valence-electron chi connectivity index (χ2n) is 10.6. The van der Waals surface area contributed by atoms with Gasteiger partial charge in [-0.3, -0.25) is 14.5 Å². The molecule has 0 saturated heterocycles. The van der Waals surface area contributed by atoms with E-state index in [1.165, 1.54) is 31.3 Å². The monoisotopic (exact) mass is 586 g/mol. The second-order valence-corrected chi connectivity index (χ2v) is 11.0. The molecule has 0 aliphatic rings. The molecule has 8 nitrogen and oxygen atoms in total. The maximum absolute atomic E-state index is 14.4. The molecule has 4 aromatic carbocycles. The lowest BCUT2D eigenvalue weighted by Crippen LogP contribution is -2.41. The number of H-pyrrole nitrogens is 1. The molecule has 1 aromatic heterocycles. The second kappa shape index (κ2) is 10.6. The molecule has 5 rings (SSSR count). The number of fused-ring (bicyclic) bond motifs is 3. The number of anilines is 2. The summed E-state index contributed by atoms with van der Waals surface area (Å²) in [6, 6.07) is 17.0. The molecule has 4 N–H and O–H groups in total. The van der Waals surface area contributed by atoms with Crippen LogP contribution in [0.1, 0.15) is 35.3 Å². The van der Waals surface area contributed by atoms with Gasteiger partial charge in [-0.15, -0.1) is 0 Å². The van der Waals surface area contributed by atoms with Gasteiger partial charge >= 0.3 is 6.03 Å². The van der Waals surface area contributed by atoms with Crippen LogP contribution >= 0.6 is 11.6 Å². The van der Waals surface area contributed by atoms with Gasteiger partial charge in [0.15, 0.2) is 0 Å². The van der Waals surface area contributed by atoms with Crippen LogP contribution in [0.5, 0.6) is 0 Å². The van der Waals surface area contributed by atoms with Crippen molar-refractivity contribution < 1.29 is 23.9 Å². The fourth-order valence-corrected chi connectivity index (χ4v) is 5.54. The number of primary amides is 1. The van der Waals surface area contributed by atoms with Crippen molar-refractivity contribution in [2.45, 2.75) is 26.4 Å². The first-order valence-electron chi connectivity index (χ1n) is 13.0. The van der Waals surface area contributed by atoms with Gasteiger partial charge in [0.2, 0.25) is 6.41 Å². The summed E-state index contributed by atoms with van der Waals surface area (Å²) in [4.78, 5) is 43.4. The Balaban J connectivity index is 1.73. The molecule has 4 amide bonds. The van der Waals surface area contributed by atoms with Gasteiger partial charge in [-0.1, -0.05) is 48.0 Å². The van der Waals surface area contributed by atoms with Gasteiger partial charge in [0.25, 0.3) is 5.91 Å². The largest absolute Gasteiger partial charge is 0.386 e. The lowest BCUT2D eigenvalue weighted by molar-refractivity contribution is -0.106. The van der Waals surface area contributed by atoms with Crippen LogP contribution in [0.4, 0.5) is 20.6 Å². The quantitative estimate of drug-likeness (QED) is 0.193. The molecule has 0 aliphatic heterocycles. The Bertz CT molecular complexity index is 1910. The SMILES string of the molecule is Cc1c(-c2c(Cl)cc(C(N)=O)c3[nH]c4cc(C(C)(C)O)ccc4c23)cccc1N(C=O)C(=O)N(C)c1ccccc1F. The van der Waals surface area contributed by atoms with Crippen molar-refractivity contribution in [1.29, 1.82) is 0 Å². The topological polar surface area (TPSA) is 120 Å². The molecule has 0 fully saturated rings. The molecule has 0 saturated carbocycles. The number of nitrogens with one attached hydrogen (secondary N) is 1. The Morgan fingerprint density at radius 2 is 1.74 bits per heavy atom. The van der Waals surface area contributed by atoms with Crippen LogP contribution in [0.15, 0.2) is 66.7 Å². The van der Waals surface area contributed by atoms with Gasteiger partial charge in [0.05, 0.1) is 28.1 Å². The smallest absolute Gasteiger partial charge is 0.335 e. The number of nitrogens with two attached hydrogens (primary N) is 1. The number of benzene rings is 4. The average Bonchev–Trinajstić information content (AvgIpc) is 3.32. The predicted molar refractivity (Wildman–Crippen MR) is 163 cm³/mol. The molecule has 0 aliphatic carbocycles. The van der Waals surface area contributed by atoms with Crippen molar-refractivity contribution in [3.05, 3.63) is 94.3 Å². The van der Waals surface area contributed by atoms with Gasteiger partial charge in [-0.05, 0) is 67.8 Å². The van der Waals surface area contributed by atoms with Crippen LogP contribution in [-0.2, 0) is 10.4 Å². The fourth-order valence-electron chi connectivity index (χ4n) is 5.24. The van der Waals surface area contributed by atoms with Gasteiger partial charge < -0.3 is 15.8 Å². The number of rotatable bonds is 6. The van der Waals surface area contributed by atoms with Crippen LogP contribution in [0.3, 0.4) is 0 Å². The minimum absolute atomic E-state index is 0.0131. The lowest BCUT2D eigenvalue weighted by Gasteiger charge is -2.26. The summed E-state index contributed by atoms with van der Waals surface area (Å²) in [6.07, 6.45) is 0.378. The summed E-state index contributed by atoms with van der Waals surface area (Å²) in [5, 5.41) is 12.1. The first kappa shape index (κ1) is 28.8. The first-order chi connectivity index (χ1) is 19.8. The number of aromatic amines is 1. The number of urea groups is 1. The fraction of sp³-hybridized carbons (Fsp3) is 0.156. The van der Waals surface area contributed by atoms with E-state index in [0.29, 0.717) is 45.1 Å². The highest BCUT2D eigenvalue weighted by Crippen LogP contribution is 2.44. The number of halogens is 2. The van der Waals surface area contributed by atoms with E-state index >= 15 is 0 Å². The normalized spacial score (nSPS) is 11.6. The highest BCUT2D eigenvalue weighted by molar-refractivity contribution is 6.37. The minimum Gasteiger partial charge on any atom is -0.386 e. The van der Waals surface area contributed by atoms with Crippen molar-refractivity contribution in [2.75, 3.05) is 16.8 Å². The van der Waals surface area contributed by atoms with Gasteiger partial charge in [0, 0.05) is 33.9 Å². The number of hydrogen-bond acceptors (Lipinski definition) is 4. The van der Waals surface area contributed by atoms with Crippen LogP contribution < -0.4 is 15.5 Å². The van der Waals surface area contributed by atoms with Crippen molar-refractivity contribution in [2.24, 2.45) is 5.73 Å². The van der Waals surface area contributed by atoms with E-state index in [-0.39, 0.29) is 22.0 Å². The number of nitrogens with zero attached hydrogens (tertiary/aromatic N) is 2. The average molecular weight is 587 g/mol. The number of carbonyl (C=O) groups is 3. The maximum Gasteiger partial charge on any atom is 0.335 e. The van der Waals surface area contributed by atoms with E-state index in [1.807, 2.05) is 6.07 Å². The molecule has 0 atom stereocenters. The third kappa shape index (κ3) is 4.76. The number of amides is 4. The van der Waals surface area contributed by atoms with E-state index in [9.17, 15) is 23.9 Å². The molecular weight excluding hydrogens is 559 g/mol. The molecule has 0 spiro atoms. The molecule has 0 radical (unpaired) electrons. The molecule has 42 heavy (non-hydrogen) atoms. The van der Waals surface area contributed by atoms with E-state index in [4.69, 9.17) is 17.3 Å². The third-order valence-electron chi connectivity index (χ3n) is 7.45. The first-order valence-corrected chi connectivity index (χ1v) is 13.4. The summed E-state index contributed by atoms with van der Waals surface area (Å²) < 4.78 is 14.4. The number of imide groups is 1. The Labute approximate surface area is 246 Å². The number of carbonyl (C=O) groups excluding carboxylic acids is 3. The van der Waals surface area contributed by atoms with Crippen LogP contribution in [0, 0.1) is 12.7 Å². The Hall–Kier alpha value is -4.73. The Morgan fingerprint density at radius 1 is 1.05 bits per heavy atom. The standard InChI is InChI=1S/C32H28ClFN4O4/c1-17-19(8-7-11-25(17)38(16-39)31(41)37(4)26-10-6-5-9-23(26)34)27-22(33)15-21(30(35)40)29-28(27)20-13-12-18(32(2,3)42)14-24(20)36-29/h5-16,36,42H,1-4H3,(H2,35,40). The molecule has 214 valence electrons. The zero-order valence-corrected chi connectivity index (χ0v) is 24.1. The van der Waals surface area contributed by atoms with E-state index in [2.05, 4.69) is 4.98 Å². The summed E-state index contributed by atoms with van der Waals surface area (Å²) in [5.41, 5.74) is 8.54. The summed E-state index contributed by atoms with van der Waals surface area (Å²) >= 11 is 6.83. The minimum atomic E-state index is -1.11. The van der Waals surface area contributed by atoms with E-state index in [1.54, 1.807) is 57.2 Å². The third-order valence-corrected chi connectivity index (χ3v) is 7.74. The number of aromatic nitrogens is 1. The number of hydrogen-bond donors (Lipinski definition) is 3. The molecule has 1 heterocycles. The zero-order chi connectivity index (χ0) is 30.5. The van der Waals surface area contributed by atoms with Gasteiger partial charge in [0.1, 0.15) is 5.82 Å². The summed E-state index contributed by atoms with van der Waals surface area (Å²) in [6.45, 7) is 5.09. The van der Waals surface area contributed by atoms with Crippen molar-refractivity contribution in [3.63, 3.8) is 0 Å². The molecular formula is C32H28ClFN4O4. The number of aliphatic hydroxyl groups is 1. The maximum atomic E-state index is 14.4. The van der Waals surface area contributed by atoms with Crippen molar-refractivity contribution in [3.8, 4) is 11.1 Å². The van der Waals surface area contributed by atoms with E-state index < -0.39 is 23.4 Å². The highest BCUT2D eigenvalue weighted by Gasteiger charge is 2.27. The van der Waals surface area contributed by atoms with Crippen molar-refractivity contribution in [1.82, 2.24) is 4.98 Å². The van der Waals surface area contributed by atoms with Crippen LogP contribution in [-0.4, -0.2) is 35.5 Å². The summed E-state index contributed by atoms with van der Waals surface area (Å²) in [5.74, 6) is -1.29. The Kier molecular flexibility index (Phi) is 7.26.